The second-order valence-corrected chi connectivity index (χ2v) is 6.99. The predicted octanol–water partition coefficient (Wildman–Crippen LogP) is 4.48. The fourth-order valence-electron chi connectivity index (χ4n) is 3.66. The van der Waals surface area contributed by atoms with E-state index in [0.717, 1.165) is 18.2 Å². The van der Waals surface area contributed by atoms with Gasteiger partial charge in [0.15, 0.2) is 17.2 Å². The monoisotopic (exact) mass is 425 g/mol. The van der Waals surface area contributed by atoms with Crippen molar-refractivity contribution in [3.05, 3.63) is 84.7 Å². The number of pyridine rings is 1. The summed E-state index contributed by atoms with van der Waals surface area (Å²) in [5.74, 6) is -2.30. The van der Waals surface area contributed by atoms with Gasteiger partial charge in [0, 0.05) is 40.5 Å². The molecule has 1 aliphatic carbocycles. The van der Waals surface area contributed by atoms with Crippen LogP contribution in [0, 0.1) is 11.6 Å². The highest BCUT2D eigenvalue weighted by Crippen LogP contribution is 2.40. The molecule has 5 nitrogen and oxygen atoms in total. The quantitative estimate of drug-likeness (QED) is 0.593. The summed E-state index contributed by atoms with van der Waals surface area (Å²) in [5, 5.41) is 2.99. The first kappa shape index (κ1) is 20.5. The summed E-state index contributed by atoms with van der Waals surface area (Å²) in [6.07, 6.45) is 9.93. The van der Waals surface area contributed by atoms with Gasteiger partial charge in [0.2, 0.25) is 5.91 Å². The van der Waals surface area contributed by atoms with Gasteiger partial charge in [-0.2, -0.15) is 0 Å². The molecule has 0 spiro atoms. The van der Waals surface area contributed by atoms with Crippen molar-refractivity contribution in [3.63, 3.8) is 0 Å². The van der Waals surface area contributed by atoms with Gasteiger partial charge in [0.05, 0.1) is 13.2 Å². The molecule has 158 valence electrons. The number of methoxy groups -OCH3 is 1. The lowest BCUT2D eigenvalue weighted by molar-refractivity contribution is -0.117. The number of amides is 1. The Balaban J connectivity index is 1.86. The second kappa shape index (κ2) is 7.79. The number of aromatic nitrogens is 2. The molecule has 0 bridgehead atoms. The van der Waals surface area contributed by atoms with Crippen molar-refractivity contribution in [2.24, 2.45) is 0 Å². The SMILES string of the molecule is C=CC(=O)NC1C=CC=CC1(F)c1cnc2[nH]cc(-c3cc(F)cc(F)c3OC)c2c1. The van der Waals surface area contributed by atoms with E-state index in [-0.39, 0.29) is 16.9 Å². The molecule has 0 fully saturated rings. The molecule has 1 aromatic carbocycles. The standard InChI is InChI=1S/C23H18F3N3O2/c1-3-20(30)29-19-6-4-5-7-23(19,26)13-8-16-17(12-28-22(16)27-11-13)15-9-14(24)10-18(25)21(15)31-2/h3-12,19H,1H2,2H3,(H,27,28)(H,29,30). The normalized spacial score (nSPS) is 20.1. The average Bonchev–Trinajstić information content (AvgIpc) is 3.18. The van der Waals surface area contributed by atoms with Gasteiger partial charge in [-0.05, 0) is 24.3 Å². The Hall–Kier alpha value is -3.81. The molecule has 0 radical (unpaired) electrons. The smallest absolute Gasteiger partial charge is 0.243 e. The molecule has 0 aliphatic heterocycles. The van der Waals surface area contributed by atoms with Crippen LogP contribution in [0.2, 0.25) is 0 Å². The highest BCUT2D eigenvalue weighted by atomic mass is 19.1. The number of carbonyl (C=O) groups is 1. The largest absolute Gasteiger partial charge is 0.493 e. The number of fused-ring (bicyclic) bond motifs is 1. The molecule has 3 aromatic rings. The highest BCUT2D eigenvalue weighted by Gasteiger charge is 2.40. The number of hydrogen-bond acceptors (Lipinski definition) is 3. The van der Waals surface area contributed by atoms with Gasteiger partial charge in [-0.1, -0.05) is 24.8 Å². The number of carbonyl (C=O) groups excluding carboxylic acids is 1. The number of rotatable bonds is 5. The van der Waals surface area contributed by atoms with Crippen molar-refractivity contribution in [2.75, 3.05) is 7.11 Å². The maximum atomic E-state index is 16.1. The molecular formula is C23H18F3N3O2. The molecule has 31 heavy (non-hydrogen) atoms. The number of H-pyrrole nitrogens is 1. The maximum Gasteiger partial charge on any atom is 0.243 e. The molecule has 2 atom stereocenters. The first-order chi connectivity index (χ1) is 14.9. The van der Waals surface area contributed by atoms with Crippen molar-refractivity contribution in [1.82, 2.24) is 15.3 Å². The third kappa shape index (κ3) is 3.50. The number of hydrogen-bond donors (Lipinski definition) is 2. The molecule has 1 aliphatic rings. The number of allylic oxidation sites excluding steroid dienone is 2. The fraction of sp³-hybridized carbons (Fsp3) is 0.130. The minimum atomic E-state index is -2.10. The van der Waals surface area contributed by atoms with Crippen LogP contribution in [-0.2, 0) is 10.5 Å². The Morgan fingerprint density at radius 1 is 1.29 bits per heavy atom. The van der Waals surface area contributed by atoms with Crippen molar-refractivity contribution in [3.8, 4) is 16.9 Å². The van der Waals surface area contributed by atoms with Crippen LogP contribution in [-0.4, -0.2) is 29.0 Å². The topological polar surface area (TPSA) is 67.0 Å². The second-order valence-electron chi connectivity index (χ2n) is 6.99. The van der Waals surface area contributed by atoms with Crippen LogP contribution in [0.25, 0.3) is 22.2 Å². The van der Waals surface area contributed by atoms with E-state index in [9.17, 15) is 13.6 Å². The van der Waals surface area contributed by atoms with E-state index in [1.807, 2.05) is 0 Å². The number of ether oxygens (including phenoxy) is 1. The van der Waals surface area contributed by atoms with Crippen LogP contribution in [0.1, 0.15) is 5.56 Å². The Labute approximate surface area is 175 Å². The van der Waals surface area contributed by atoms with Crippen LogP contribution < -0.4 is 10.1 Å². The lowest BCUT2D eigenvalue weighted by Crippen LogP contribution is -2.46. The number of nitrogens with zero attached hydrogens (tertiary/aromatic N) is 1. The average molecular weight is 425 g/mol. The maximum absolute atomic E-state index is 16.1. The van der Waals surface area contributed by atoms with Gasteiger partial charge in [-0.3, -0.25) is 4.79 Å². The molecule has 2 heterocycles. The summed E-state index contributed by atoms with van der Waals surface area (Å²) in [6, 6.07) is 2.40. The molecule has 1 amide bonds. The number of alkyl halides is 1. The van der Waals surface area contributed by atoms with Crippen LogP contribution in [0.5, 0.6) is 5.75 Å². The third-order valence-corrected chi connectivity index (χ3v) is 5.17. The third-order valence-electron chi connectivity index (χ3n) is 5.17. The van der Waals surface area contributed by atoms with Gasteiger partial charge in [-0.15, -0.1) is 0 Å². The molecule has 0 saturated heterocycles. The van der Waals surface area contributed by atoms with E-state index in [1.165, 1.54) is 43.8 Å². The van der Waals surface area contributed by atoms with Crippen LogP contribution in [0.3, 0.4) is 0 Å². The van der Waals surface area contributed by atoms with Crippen LogP contribution in [0.15, 0.2) is 67.6 Å². The van der Waals surface area contributed by atoms with Crippen LogP contribution in [0.4, 0.5) is 13.2 Å². The lowest BCUT2D eigenvalue weighted by atomic mass is 9.85. The van der Waals surface area contributed by atoms with Gasteiger partial charge < -0.3 is 15.0 Å². The molecule has 2 aromatic heterocycles. The number of nitrogens with one attached hydrogen (secondary N) is 2. The summed E-state index contributed by atoms with van der Waals surface area (Å²) in [5.41, 5.74) is -0.984. The summed E-state index contributed by atoms with van der Waals surface area (Å²) >= 11 is 0. The van der Waals surface area contributed by atoms with E-state index >= 15 is 4.39 Å². The number of aromatic amines is 1. The number of halogens is 3. The van der Waals surface area contributed by atoms with Crippen molar-refractivity contribution >= 4 is 16.9 Å². The summed E-state index contributed by atoms with van der Waals surface area (Å²) < 4.78 is 49.4. The molecular weight excluding hydrogens is 407 g/mol. The Morgan fingerprint density at radius 3 is 2.84 bits per heavy atom. The molecule has 0 saturated carbocycles. The van der Waals surface area contributed by atoms with Gasteiger partial charge in [0.25, 0.3) is 0 Å². The Morgan fingerprint density at radius 2 is 2.10 bits per heavy atom. The van der Waals surface area contributed by atoms with Crippen molar-refractivity contribution in [1.29, 1.82) is 0 Å². The highest BCUT2D eigenvalue weighted by molar-refractivity contribution is 5.95. The van der Waals surface area contributed by atoms with E-state index in [0.29, 0.717) is 16.6 Å². The first-order valence-corrected chi connectivity index (χ1v) is 9.36. The van der Waals surface area contributed by atoms with E-state index in [1.54, 1.807) is 6.08 Å². The first-order valence-electron chi connectivity index (χ1n) is 9.36. The zero-order valence-corrected chi connectivity index (χ0v) is 16.5. The molecule has 2 N–H and O–H groups in total. The summed E-state index contributed by atoms with van der Waals surface area (Å²) in [6.45, 7) is 3.39. The van der Waals surface area contributed by atoms with E-state index < -0.39 is 29.3 Å². The zero-order valence-electron chi connectivity index (χ0n) is 16.5. The Bertz CT molecular complexity index is 1250. The van der Waals surface area contributed by atoms with E-state index in [4.69, 9.17) is 4.74 Å². The lowest BCUT2D eigenvalue weighted by Gasteiger charge is -2.31. The van der Waals surface area contributed by atoms with Crippen LogP contribution >= 0.6 is 0 Å². The van der Waals surface area contributed by atoms with E-state index in [2.05, 4.69) is 21.9 Å². The minimum Gasteiger partial charge on any atom is -0.493 e. The number of benzene rings is 1. The van der Waals surface area contributed by atoms with Gasteiger partial charge in [0.1, 0.15) is 11.5 Å². The molecule has 2 unspecified atom stereocenters. The summed E-state index contributed by atoms with van der Waals surface area (Å²) in [4.78, 5) is 19.0. The Kier molecular flexibility index (Phi) is 5.14. The summed E-state index contributed by atoms with van der Waals surface area (Å²) in [7, 11) is 1.28. The molecule has 4 rings (SSSR count). The van der Waals surface area contributed by atoms with Gasteiger partial charge in [-0.25, -0.2) is 18.2 Å². The fourth-order valence-corrected chi connectivity index (χ4v) is 3.66. The molecule has 8 heteroatoms. The van der Waals surface area contributed by atoms with Gasteiger partial charge >= 0.3 is 0 Å². The predicted molar refractivity (Wildman–Crippen MR) is 111 cm³/mol. The minimum absolute atomic E-state index is 0.140. The van der Waals surface area contributed by atoms with Crippen molar-refractivity contribution in [2.45, 2.75) is 11.7 Å². The van der Waals surface area contributed by atoms with Crippen molar-refractivity contribution < 1.29 is 22.7 Å². The zero-order chi connectivity index (χ0) is 22.2.